The number of piperazine rings is 1. The fraction of sp³-hybridized carbons (Fsp3) is 0.308. The first-order valence-electron chi connectivity index (χ1n) is 6.27. The van der Waals surface area contributed by atoms with E-state index in [0.29, 0.717) is 37.5 Å². The second-order valence-corrected chi connectivity index (χ2v) is 4.47. The van der Waals surface area contributed by atoms with Gasteiger partial charge in [-0.05, 0) is 12.1 Å². The van der Waals surface area contributed by atoms with Crippen molar-refractivity contribution in [1.82, 2.24) is 15.0 Å². The van der Waals surface area contributed by atoms with Gasteiger partial charge in [-0.3, -0.25) is 9.59 Å². The number of amides is 2. The third-order valence-corrected chi connectivity index (χ3v) is 3.27. The van der Waals surface area contributed by atoms with Gasteiger partial charge in [-0.1, -0.05) is 5.16 Å². The molecule has 3 rings (SSSR count). The molecule has 0 N–H and O–H groups in total. The van der Waals surface area contributed by atoms with E-state index in [0.717, 1.165) is 0 Å². The largest absolute Gasteiger partial charge is 0.459 e. The van der Waals surface area contributed by atoms with Gasteiger partial charge in [0.05, 0.1) is 18.0 Å². The van der Waals surface area contributed by atoms with Crippen molar-refractivity contribution in [2.75, 3.05) is 26.2 Å². The first kappa shape index (κ1) is 12.5. The van der Waals surface area contributed by atoms with E-state index >= 15 is 0 Å². The second kappa shape index (κ2) is 5.20. The predicted octanol–water partition coefficient (Wildman–Crippen LogP) is 0.866. The van der Waals surface area contributed by atoms with Crippen LogP contribution in [0.1, 0.15) is 20.9 Å². The zero-order valence-corrected chi connectivity index (χ0v) is 10.7. The SMILES string of the molecule is O=C(c1cnoc1)N1CCN(C(=O)c2ccco2)CC1. The van der Waals surface area contributed by atoms with Crippen molar-refractivity contribution in [3.63, 3.8) is 0 Å². The minimum atomic E-state index is -0.146. The number of carbonyl (C=O) groups excluding carboxylic acids is 2. The second-order valence-electron chi connectivity index (χ2n) is 4.47. The van der Waals surface area contributed by atoms with Crippen LogP contribution in [-0.4, -0.2) is 52.9 Å². The summed E-state index contributed by atoms with van der Waals surface area (Å²) < 4.78 is 9.75. The molecule has 7 nitrogen and oxygen atoms in total. The molecule has 104 valence electrons. The van der Waals surface area contributed by atoms with E-state index in [1.165, 1.54) is 18.7 Å². The molecule has 0 saturated carbocycles. The highest BCUT2D eigenvalue weighted by atomic mass is 16.5. The number of aromatic nitrogens is 1. The molecule has 0 spiro atoms. The molecule has 2 aromatic heterocycles. The zero-order chi connectivity index (χ0) is 13.9. The molecule has 7 heteroatoms. The summed E-state index contributed by atoms with van der Waals surface area (Å²) in [4.78, 5) is 27.5. The Morgan fingerprint density at radius 3 is 2.35 bits per heavy atom. The van der Waals surface area contributed by atoms with E-state index in [1.807, 2.05) is 0 Å². The molecule has 3 heterocycles. The third-order valence-electron chi connectivity index (χ3n) is 3.27. The Morgan fingerprint density at radius 2 is 1.80 bits per heavy atom. The van der Waals surface area contributed by atoms with Crippen molar-refractivity contribution in [3.8, 4) is 0 Å². The van der Waals surface area contributed by atoms with Crippen LogP contribution in [0, 0.1) is 0 Å². The fourth-order valence-electron chi connectivity index (χ4n) is 2.16. The maximum atomic E-state index is 12.1. The lowest BCUT2D eigenvalue weighted by molar-refractivity contribution is 0.0517. The van der Waals surface area contributed by atoms with E-state index in [9.17, 15) is 9.59 Å². The van der Waals surface area contributed by atoms with Crippen LogP contribution in [-0.2, 0) is 0 Å². The van der Waals surface area contributed by atoms with Crippen LogP contribution in [0.3, 0.4) is 0 Å². The summed E-state index contributed by atoms with van der Waals surface area (Å²) in [7, 11) is 0. The summed E-state index contributed by atoms with van der Waals surface area (Å²) in [5, 5.41) is 3.52. The van der Waals surface area contributed by atoms with Gasteiger partial charge in [0.2, 0.25) is 0 Å². The molecule has 0 aliphatic carbocycles. The molecule has 1 aliphatic rings. The first-order chi connectivity index (χ1) is 9.75. The van der Waals surface area contributed by atoms with Crippen LogP contribution in [0.4, 0.5) is 0 Å². The topological polar surface area (TPSA) is 79.8 Å². The predicted molar refractivity (Wildman–Crippen MR) is 67.0 cm³/mol. The van der Waals surface area contributed by atoms with Crippen LogP contribution in [0.15, 0.2) is 39.8 Å². The van der Waals surface area contributed by atoms with Crippen molar-refractivity contribution < 1.29 is 18.5 Å². The molecule has 0 unspecified atom stereocenters. The third kappa shape index (κ3) is 2.29. The Labute approximate surface area is 114 Å². The molecular formula is C13H13N3O4. The molecular weight excluding hydrogens is 262 g/mol. The van der Waals surface area contributed by atoms with Gasteiger partial charge in [0, 0.05) is 26.2 Å². The van der Waals surface area contributed by atoms with Crippen molar-refractivity contribution in [2.24, 2.45) is 0 Å². The smallest absolute Gasteiger partial charge is 0.289 e. The van der Waals surface area contributed by atoms with E-state index in [2.05, 4.69) is 9.68 Å². The standard InChI is InChI=1S/C13H13N3O4/c17-12(10-8-14-20-9-10)15-3-5-16(6-4-15)13(18)11-2-1-7-19-11/h1-2,7-9H,3-6H2. The number of furan rings is 1. The number of rotatable bonds is 2. The molecule has 2 amide bonds. The molecule has 20 heavy (non-hydrogen) atoms. The van der Waals surface area contributed by atoms with E-state index < -0.39 is 0 Å². The molecule has 0 atom stereocenters. The van der Waals surface area contributed by atoms with Crippen molar-refractivity contribution >= 4 is 11.8 Å². The number of nitrogens with zero attached hydrogens (tertiary/aromatic N) is 3. The van der Waals surface area contributed by atoms with Gasteiger partial charge in [0.15, 0.2) is 5.76 Å². The molecule has 1 fully saturated rings. The summed E-state index contributed by atoms with van der Waals surface area (Å²) in [6.07, 6.45) is 4.18. The Bertz CT molecular complexity index is 529. The van der Waals surface area contributed by atoms with Crippen molar-refractivity contribution in [2.45, 2.75) is 0 Å². The minimum absolute atomic E-state index is 0.128. The van der Waals surface area contributed by atoms with Gasteiger partial charge in [-0.15, -0.1) is 0 Å². The highest BCUT2D eigenvalue weighted by Gasteiger charge is 2.27. The van der Waals surface area contributed by atoms with Gasteiger partial charge in [-0.2, -0.15) is 0 Å². The first-order valence-corrected chi connectivity index (χ1v) is 6.27. The maximum absolute atomic E-state index is 12.1. The van der Waals surface area contributed by atoms with Crippen LogP contribution < -0.4 is 0 Å². The fourth-order valence-corrected chi connectivity index (χ4v) is 2.16. The number of hydrogen-bond acceptors (Lipinski definition) is 5. The lowest BCUT2D eigenvalue weighted by Crippen LogP contribution is -2.50. The molecule has 2 aromatic rings. The Morgan fingerprint density at radius 1 is 1.10 bits per heavy atom. The Kier molecular flexibility index (Phi) is 3.24. The normalized spacial score (nSPS) is 15.4. The van der Waals surface area contributed by atoms with Gasteiger partial charge < -0.3 is 18.7 Å². The Balaban J connectivity index is 1.60. The van der Waals surface area contributed by atoms with Gasteiger partial charge in [-0.25, -0.2) is 0 Å². The Hall–Kier alpha value is -2.57. The minimum Gasteiger partial charge on any atom is -0.459 e. The average Bonchev–Trinajstić information content (AvgIpc) is 3.18. The van der Waals surface area contributed by atoms with Crippen molar-refractivity contribution in [3.05, 3.63) is 42.2 Å². The van der Waals surface area contributed by atoms with E-state index in [1.54, 1.807) is 21.9 Å². The van der Waals surface area contributed by atoms with Crippen LogP contribution >= 0.6 is 0 Å². The number of hydrogen-bond donors (Lipinski definition) is 0. The van der Waals surface area contributed by atoms with Gasteiger partial charge in [0.25, 0.3) is 11.8 Å². The highest BCUT2D eigenvalue weighted by molar-refractivity contribution is 5.94. The van der Waals surface area contributed by atoms with E-state index in [4.69, 9.17) is 4.42 Å². The van der Waals surface area contributed by atoms with Crippen molar-refractivity contribution in [1.29, 1.82) is 0 Å². The zero-order valence-electron chi connectivity index (χ0n) is 10.7. The van der Waals surface area contributed by atoms with Crippen LogP contribution in [0.25, 0.3) is 0 Å². The molecule has 0 bridgehead atoms. The molecule has 0 aromatic carbocycles. The lowest BCUT2D eigenvalue weighted by atomic mass is 10.2. The summed E-state index contributed by atoms with van der Waals surface area (Å²) in [5.41, 5.74) is 0.427. The quantitative estimate of drug-likeness (QED) is 0.812. The summed E-state index contributed by atoms with van der Waals surface area (Å²) in [6.45, 7) is 1.93. The van der Waals surface area contributed by atoms with Gasteiger partial charge in [0.1, 0.15) is 6.26 Å². The van der Waals surface area contributed by atoms with Crippen LogP contribution in [0.5, 0.6) is 0 Å². The lowest BCUT2D eigenvalue weighted by Gasteiger charge is -2.34. The van der Waals surface area contributed by atoms with Gasteiger partial charge >= 0.3 is 0 Å². The molecule has 0 radical (unpaired) electrons. The van der Waals surface area contributed by atoms with Crippen LogP contribution in [0.2, 0.25) is 0 Å². The number of carbonyl (C=O) groups is 2. The summed E-state index contributed by atoms with van der Waals surface area (Å²) >= 11 is 0. The average molecular weight is 275 g/mol. The molecule has 1 saturated heterocycles. The summed E-state index contributed by atoms with van der Waals surface area (Å²) in [6, 6.07) is 3.32. The monoisotopic (exact) mass is 275 g/mol. The summed E-state index contributed by atoms with van der Waals surface area (Å²) in [5.74, 6) is 0.0484. The maximum Gasteiger partial charge on any atom is 0.289 e. The van der Waals surface area contributed by atoms with E-state index in [-0.39, 0.29) is 11.8 Å². The molecule has 1 aliphatic heterocycles. The highest BCUT2D eigenvalue weighted by Crippen LogP contribution is 2.11.